The number of nitrogens with one attached hydrogen (secondary N) is 1. The molecule has 0 spiro atoms. The molecule has 1 aliphatic rings. The summed E-state index contributed by atoms with van der Waals surface area (Å²) in [6.07, 6.45) is 5.15. The Labute approximate surface area is 76.4 Å². The van der Waals surface area contributed by atoms with E-state index in [0.29, 0.717) is 12.0 Å². The molecule has 0 radical (unpaired) electrons. The van der Waals surface area contributed by atoms with Crippen molar-refractivity contribution in [2.45, 2.75) is 25.8 Å². The summed E-state index contributed by atoms with van der Waals surface area (Å²) in [7, 11) is 0. The Morgan fingerprint density at radius 2 is 2.15 bits per heavy atom. The van der Waals surface area contributed by atoms with E-state index in [1.54, 1.807) is 0 Å². The summed E-state index contributed by atoms with van der Waals surface area (Å²) in [4.78, 5) is 7.41. The fourth-order valence-electron chi connectivity index (χ4n) is 1.47. The van der Waals surface area contributed by atoms with Crippen LogP contribution in [0.4, 0.5) is 10.2 Å². The second-order valence-corrected chi connectivity index (χ2v) is 3.50. The van der Waals surface area contributed by atoms with E-state index >= 15 is 0 Å². The fraction of sp³-hybridized carbons (Fsp3) is 0.556. The monoisotopic (exact) mass is 181 g/mol. The summed E-state index contributed by atoms with van der Waals surface area (Å²) in [5.74, 6) is 0.377. The van der Waals surface area contributed by atoms with Crippen LogP contribution < -0.4 is 5.32 Å². The minimum Gasteiger partial charge on any atom is -0.363 e. The minimum atomic E-state index is -0.512. The van der Waals surface area contributed by atoms with Crippen molar-refractivity contribution in [1.82, 2.24) is 9.97 Å². The molecule has 0 aliphatic heterocycles. The lowest BCUT2D eigenvalue weighted by molar-refractivity contribution is 0.301. The Balaban J connectivity index is 2.05. The van der Waals surface area contributed by atoms with Crippen LogP contribution in [0.25, 0.3) is 0 Å². The summed E-state index contributed by atoms with van der Waals surface area (Å²) >= 11 is 0. The van der Waals surface area contributed by atoms with Crippen LogP contribution >= 0.6 is 0 Å². The Morgan fingerprint density at radius 1 is 1.38 bits per heavy atom. The summed E-state index contributed by atoms with van der Waals surface area (Å²) in [5.41, 5.74) is 0. The molecule has 0 amide bonds. The van der Waals surface area contributed by atoms with Crippen molar-refractivity contribution in [3.63, 3.8) is 0 Å². The Kier molecular flexibility index (Phi) is 2.12. The molecule has 4 heteroatoms. The third kappa shape index (κ3) is 1.61. The number of anilines is 1. The predicted octanol–water partition coefficient (Wildman–Crippen LogP) is 1.83. The van der Waals surface area contributed by atoms with Crippen LogP contribution in [-0.4, -0.2) is 16.0 Å². The van der Waals surface area contributed by atoms with Crippen molar-refractivity contribution >= 4 is 5.82 Å². The Bertz CT molecular complexity index is 303. The molecule has 13 heavy (non-hydrogen) atoms. The lowest BCUT2D eigenvalue weighted by Crippen LogP contribution is -2.36. The molecule has 0 saturated heterocycles. The largest absolute Gasteiger partial charge is 0.363 e. The van der Waals surface area contributed by atoms with E-state index in [1.165, 1.54) is 18.8 Å². The first-order valence-electron chi connectivity index (χ1n) is 4.50. The number of nitrogens with zero attached hydrogens (tertiary/aromatic N) is 2. The lowest BCUT2D eigenvalue weighted by atomic mass is 9.81. The molecule has 1 N–H and O–H groups in total. The first-order chi connectivity index (χ1) is 6.27. The van der Waals surface area contributed by atoms with E-state index < -0.39 is 5.95 Å². The maximum absolute atomic E-state index is 13.0. The van der Waals surface area contributed by atoms with Crippen LogP contribution in [0.1, 0.15) is 19.8 Å². The van der Waals surface area contributed by atoms with Crippen molar-refractivity contribution in [1.29, 1.82) is 0 Å². The average Bonchev–Trinajstić information content (AvgIpc) is 2.14. The van der Waals surface area contributed by atoms with Gasteiger partial charge in [0.2, 0.25) is 0 Å². The number of halogens is 1. The third-order valence-corrected chi connectivity index (χ3v) is 2.60. The van der Waals surface area contributed by atoms with Crippen LogP contribution in [0.5, 0.6) is 0 Å². The molecular weight excluding hydrogens is 169 g/mol. The molecule has 1 aromatic heterocycles. The quantitative estimate of drug-likeness (QED) is 0.756. The molecule has 2 atom stereocenters. The first-order valence-corrected chi connectivity index (χ1v) is 4.50. The van der Waals surface area contributed by atoms with Gasteiger partial charge in [-0.15, -0.1) is 0 Å². The highest BCUT2D eigenvalue weighted by Crippen LogP contribution is 2.29. The van der Waals surface area contributed by atoms with Crippen molar-refractivity contribution in [3.8, 4) is 0 Å². The number of hydrogen-bond donors (Lipinski definition) is 1. The molecule has 1 saturated carbocycles. The van der Waals surface area contributed by atoms with Crippen LogP contribution in [0, 0.1) is 11.9 Å². The Morgan fingerprint density at radius 3 is 2.69 bits per heavy atom. The van der Waals surface area contributed by atoms with Crippen LogP contribution in [0.2, 0.25) is 0 Å². The zero-order valence-electron chi connectivity index (χ0n) is 7.50. The predicted molar refractivity (Wildman–Crippen MR) is 47.8 cm³/mol. The smallest absolute Gasteiger partial charge is 0.255 e. The van der Waals surface area contributed by atoms with Gasteiger partial charge in [0, 0.05) is 18.4 Å². The first kappa shape index (κ1) is 8.41. The SMILES string of the molecule is CC1CCC1Nc1nccnc1F. The lowest BCUT2D eigenvalue weighted by Gasteiger charge is -2.34. The molecule has 1 aliphatic carbocycles. The molecule has 0 bridgehead atoms. The van der Waals surface area contributed by atoms with E-state index in [2.05, 4.69) is 22.2 Å². The van der Waals surface area contributed by atoms with Gasteiger partial charge in [-0.3, -0.25) is 0 Å². The second kappa shape index (κ2) is 3.28. The van der Waals surface area contributed by atoms with Gasteiger partial charge in [0.1, 0.15) is 0 Å². The molecule has 1 fully saturated rings. The summed E-state index contributed by atoms with van der Waals surface area (Å²) in [6, 6.07) is 0.367. The zero-order chi connectivity index (χ0) is 9.26. The minimum absolute atomic E-state index is 0.277. The average molecular weight is 181 g/mol. The van der Waals surface area contributed by atoms with Gasteiger partial charge in [-0.2, -0.15) is 4.39 Å². The summed E-state index contributed by atoms with van der Waals surface area (Å²) in [6.45, 7) is 2.15. The van der Waals surface area contributed by atoms with Crippen LogP contribution in [0.3, 0.4) is 0 Å². The van der Waals surface area contributed by atoms with Crippen molar-refractivity contribution < 1.29 is 4.39 Å². The zero-order valence-corrected chi connectivity index (χ0v) is 7.50. The van der Waals surface area contributed by atoms with E-state index in [0.717, 1.165) is 6.42 Å². The number of rotatable bonds is 2. The molecule has 1 heterocycles. The van der Waals surface area contributed by atoms with Gasteiger partial charge >= 0.3 is 0 Å². The van der Waals surface area contributed by atoms with Gasteiger partial charge in [-0.25, -0.2) is 9.97 Å². The highest BCUT2D eigenvalue weighted by Gasteiger charge is 2.27. The van der Waals surface area contributed by atoms with Gasteiger partial charge in [0.05, 0.1) is 0 Å². The maximum Gasteiger partial charge on any atom is 0.255 e. The van der Waals surface area contributed by atoms with E-state index in [4.69, 9.17) is 0 Å². The fourth-order valence-corrected chi connectivity index (χ4v) is 1.47. The molecule has 0 aromatic carbocycles. The van der Waals surface area contributed by atoms with Gasteiger partial charge in [0.25, 0.3) is 5.95 Å². The van der Waals surface area contributed by atoms with Gasteiger partial charge in [-0.1, -0.05) is 6.92 Å². The summed E-state index contributed by atoms with van der Waals surface area (Å²) < 4.78 is 13.0. The van der Waals surface area contributed by atoms with Gasteiger partial charge in [-0.05, 0) is 18.8 Å². The second-order valence-electron chi connectivity index (χ2n) is 3.50. The standard InChI is InChI=1S/C9H12FN3/c1-6-2-3-7(6)13-9-8(10)11-4-5-12-9/h4-7H,2-3H2,1H3,(H,12,13). The van der Waals surface area contributed by atoms with Crippen molar-refractivity contribution in [2.24, 2.45) is 5.92 Å². The van der Waals surface area contributed by atoms with E-state index in [9.17, 15) is 4.39 Å². The highest BCUT2D eigenvalue weighted by molar-refractivity contribution is 5.34. The van der Waals surface area contributed by atoms with Gasteiger partial charge < -0.3 is 5.32 Å². The molecule has 2 rings (SSSR count). The third-order valence-electron chi connectivity index (χ3n) is 2.60. The van der Waals surface area contributed by atoms with Crippen molar-refractivity contribution in [3.05, 3.63) is 18.3 Å². The number of hydrogen-bond acceptors (Lipinski definition) is 3. The topological polar surface area (TPSA) is 37.8 Å². The number of aromatic nitrogens is 2. The molecular formula is C9H12FN3. The molecule has 3 nitrogen and oxygen atoms in total. The molecule has 1 aromatic rings. The Hall–Kier alpha value is -1.19. The normalized spacial score (nSPS) is 26.6. The molecule has 70 valence electrons. The van der Waals surface area contributed by atoms with Crippen LogP contribution in [0.15, 0.2) is 12.4 Å². The summed E-state index contributed by atoms with van der Waals surface area (Å²) in [5, 5.41) is 3.05. The highest BCUT2D eigenvalue weighted by atomic mass is 19.1. The van der Waals surface area contributed by atoms with E-state index in [-0.39, 0.29) is 5.82 Å². The maximum atomic E-state index is 13.0. The van der Waals surface area contributed by atoms with Gasteiger partial charge in [0.15, 0.2) is 5.82 Å². The molecule has 2 unspecified atom stereocenters. The van der Waals surface area contributed by atoms with E-state index in [1.807, 2.05) is 0 Å². The van der Waals surface area contributed by atoms with Crippen LogP contribution in [-0.2, 0) is 0 Å². The van der Waals surface area contributed by atoms with Crippen molar-refractivity contribution in [2.75, 3.05) is 5.32 Å².